The molecule has 0 aliphatic rings. The smallest absolute Gasteiger partial charge is 0.347 e. The molecule has 0 aromatic heterocycles. The van der Waals surface area contributed by atoms with Crippen LogP contribution in [-0.4, -0.2) is 25.7 Å². The summed E-state index contributed by atoms with van der Waals surface area (Å²) >= 11 is 6.96. The van der Waals surface area contributed by atoms with Crippen LogP contribution in [0.3, 0.4) is 0 Å². The molecule has 0 amide bonds. The maximum absolute atomic E-state index is 11.8. The summed E-state index contributed by atoms with van der Waals surface area (Å²) in [6, 6.07) is 3.93. The van der Waals surface area contributed by atoms with Crippen LogP contribution in [0.25, 0.3) is 0 Å². The van der Waals surface area contributed by atoms with Crippen LogP contribution < -0.4 is 10.1 Å². The van der Waals surface area contributed by atoms with Crippen molar-refractivity contribution < 1.29 is 14.3 Å². The molecular weight excluding hydrogens is 390 g/mol. The van der Waals surface area contributed by atoms with E-state index in [1.165, 1.54) is 0 Å². The van der Waals surface area contributed by atoms with Crippen LogP contribution >= 0.6 is 31.9 Å². The van der Waals surface area contributed by atoms with E-state index < -0.39 is 6.10 Å². The van der Waals surface area contributed by atoms with Gasteiger partial charge in [0.25, 0.3) is 0 Å². The molecule has 1 unspecified atom stereocenters. The number of halogens is 2. The van der Waals surface area contributed by atoms with Gasteiger partial charge in [0.15, 0.2) is 6.10 Å². The van der Waals surface area contributed by atoms with Crippen LogP contribution in [0.15, 0.2) is 21.1 Å². The molecule has 0 spiro atoms. The summed E-state index contributed by atoms with van der Waals surface area (Å²) in [6.45, 7) is 4.77. The highest BCUT2D eigenvalue weighted by atomic mass is 79.9. The van der Waals surface area contributed by atoms with Gasteiger partial charge >= 0.3 is 5.97 Å². The Morgan fingerprint density at radius 3 is 2.35 bits per heavy atom. The molecule has 0 aliphatic carbocycles. The monoisotopic (exact) mass is 407 g/mol. The van der Waals surface area contributed by atoms with Gasteiger partial charge in [-0.2, -0.15) is 0 Å². The molecule has 112 valence electrons. The van der Waals surface area contributed by atoms with Gasteiger partial charge in [0.2, 0.25) is 0 Å². The SMILES string of the molecule is CCOC(=O)C(CC)Oc1c(Br)cc(CNC)cc1Br. The largest absolute Gasteiger partial charge is 0.476 e. The van der Waals surface area contributed by atoms with E-state index in [1.54, 1.807) is 6.92 Å². The molecule has 1 aromatic carbocycles. The summed E-state index contributed by atoms with van der Waals surface area (Å²) in [5, 5.41) is 3.09. The minimum atomic E-state index is -0.599. The Labute approximate surface area is 136 Å². The number of nitrogens with one attached hydrogen (secondary N) is 1. The molecule has 0 fully saturated rings. The number of rotatable bonds is 7. The molecule has 0 heterocycles. The Morgan fingerprint density at radius 1 is 1.30 bits per heavy atom. The number of carbonyl (C=O) groups is 1. The van der Waals surface area contributed by atoms with Crippen molar-refractivity contribution in [2.75, 3.05) is 13.7 Å². The molecule has 0 saturated heterocycles. The van der Waals surface area contributed by atoms with E-state index in [4.69, 9.17) is 9.47 Å². The third-order valence-electron chi connectivity index (χ3n) is 2.62. The molecule has 0 aliphatic heterocycles. The van der Waals surface area contributed by atoms with E-state index in [2.05, 4.69) is 37.2 Å². The van der Waals surface area contributed by atoms with Gasteiger partial charge in [0, 0.05) is 6.54 Å². The molecule has 1 N–H and O–H groups in total. The zero-order valence-electron chi connectivity index (χ0n) is 11.8. The van der Waals surface area contributed by atoms with Crippen molar-refractivity contribution in [1.29, 1.82) is 0 Å². The van der Waals surface area contributed by atoms with E-state index in [1.807, 2.05) is 26.1 Å². The average Bonchev–Trinajstić information content (AvgIpc) is 2.38. The van der Waals surface area contributed by atoms with Crippen molar-refractivity contribution in [3.8, 4) is 5.75 Å². The zero-order chi connectivity index (χ0) is 15.1. The lowest BCUT2D eigenvalue weighted by Gasteiger charge is -2.18. The Hall–Kier alpha value is -0.590. The number of esters is 1. The van der Waals surface area contributed by atoms with E-state index in [0.29, 0.717) is 18.8 Å². The van der Waals surface area contributed by atoms with Gasteiger partial charge in [0.05, 0.1) is 15.6 Å². The first-order chi connectivity index (χ1) is 9.53. The van der Waals surface area contributed by atoms with Crippen molar-refractivity contribution in [3.63, 3.8) is 0 Å². The highest BCUT2D eigenvalue weighted by Crippen LogP contribution is 2.35. The van der Waals surface area contributed by atoms with E-state index >= 15 is 0 Å². The predicted molar refractivity (Wildman–Crippen MR) is 85.9 cm³/mol. The number of ether oxygens (including phenoxy) is 2. The highest BCUT2D eigenvalue weighted by Gasteiger charge is 2.22. The second-order valence-corrected chi connectivity index (χ2v) is 5.89. The molecule has 0 radical (unpaired) electrons. The van der Waals surface area contributed by atoms with Crippen LogP contribution in [0.4, 0.5) is 0 Å². The quantitative estimate of drug-likeness (QED) is 0.699. The van der Waals surface area contributed by atoms with Crippen molar-refractivity contribution in [3.05, 3.63) is 26.6 Å². The fourth-order valence-electron chi connectivity index (χ4n) is 1.71. The van der Waals surface area contributed by atoms with Crippen LogP contribution in [0, 0.1) is 0 Å². The van der Waals surface area contributed by atoms with E-state index in [-0.39, 0.29) is 5.97 Å². The van der Waals surface area contributed by atoms with Gasteiger partial charge in [-0.15, -0.1) is 0 Å². The molecule has 4 nitrogen and oxygen atoms in total. The summed E-state index contributed by atoms with van der Waals surface area (Å²) in [7, 11) is 1.89. The minimum Gasteiger partial charge on any atom is -0.476 e. The van der Waals surface area contributed by atoms with Gasteiger partial charge in [-0.1, -0.05) is 6.92 Å². The third-order valence-corrected chi connectivity index (χ3v) is 3.80. The summed E-state index contributed by atoms with van der Waals surface area (Å²) in [4.78, 5) is 11.8. The number of hydrogen-bond acceptors (Lipinski definition) is 4. The van der Waals surface area contributed by atoms with Gasteiger partial charge in [-0.05, 0) is 69.9 Å². The summed E-state index contributed by atoms with van der Waals surface area (Å²) < 4.78 is 12.4. The molecular formula is C14H19Br2NO3. The normalized spacial score (nSPS) is 12.1. The van der Waals surface area contributed by atoms with Crippen LogP contribution in [-0.2, 0) is 16.1 Å². The Morgan fingerprint density at radius 2 is 1.90 bits per heavy atom. The molecule has 1 atom stereocenters. The van der Waals surface area contributed by atoms with Gasteiger partial charge in [0.1, 0.15) is 5.75 Å². The summed E-state index contributed by atoms with van der Waals surface area (Å²) in [5.41, 5.74) is 1.11. The zero-order valence-corrected chi connectivity index (χ0v) is 15.0. The lowest BCUT2D eigenvalue weighted by Crippen LogP contribution is -2.29. The molecule has 1 aromatic rings. The summed E-state index contributed by atoms with van der Waals surface area (Å²) in [5.74, 6) is 0.276. The number of hydrogen-bond donors (Lipinski definition) is 1. The summed E-state index contributed by atoms with van der Waals surface area (Å²) in [6.07, 6.45) is -0.0478. The lowest BCUT2D eigenvalue weighted by atomic mass is 10.2. The molecule has 1 rings (SSSR count). The van der Waals surface area contributed by atoms with Gasteiger partial charge in [-0.3, -0.25) is 0 Å². The van der Waals surface area contributed by atoms with Crippen LogP contribution in [0.5, 0.6) is 5.75 Å². The van der Waals surface area contributed by atoms with Crippen molar-refractivity contribution >= 4 is 37.8 Å². The maximum Gasteiger partial charge on any atom is 0.347 e. The molecule has 6 heteroatoms. The maximum atomic E-state index is 11.8. The van der Waals surface area contributed by atoms with E-state index in [0.717, 1.165) is 21.1 Å². The minimum absolute atomic E-state index is 0.340. The Kier molecular flexibility index (Phi) is 7.55. The highest BCUT2D eigenvalue weighted by molar-refractivity contribution is 9.11. The first-order valence-corrected chi connectivity index (χ1v) is 8.07. The average molecular weight is 409 g/mol. The van der Waals surface area contributed by atoms with Crippen molar-refractivity contribution in [2.45, 2.75) is 32.9 Å². The molecule has 0 bridgehead atoms. The Bertz CT molecular complexity index is 443. The molecule has 20 heavy (non-hydrogen) atoms. The first-order valence-electron chi connectivity index (χ1n) is 6.49. The second-order valence-electron chi connectivity index (χ2n) is 4.19. The fraction of sp³-hybridized carbons (Fsp3) is 0.500. The molecule has 0 saturated carbocycles. The fourth-order valence-corrected chi connectivity index (χ4v) is 3.17. The van der Waals surface area contributed by atoms with Crippen LogP contribution in [0.2, 0.25) is 0 Å². The predicted octanol–water partition coefficient (Wildman–Crippen LogP) is 3.65. The van der Waals surface area contributed by atoms with Crippen LogP contribution in [0.1, 0.15) is 25.8 Å². The lowest BCUT2D eigenvalue weighted by molar-refractivity contribution is -0.151. The van der Waals surface area contributed by atoms with Gasteiger partial charge in [-0.25, -0.2) is 4.79 Å². The third kappa shape index (κ3) is 4.75. The van der Waals surface area contributed by atoms with Crippen molar-refractivity contribution in [1.82, 2.24) is 5.32 Å². The first kappa shape index (κ1) is 17.5. The number of carbonyl (C=O) groups excluding carboxylic acids is 1. The second kappa shape index (κ2) is 8.64. The van der Waals surface area contributed by atoms with Gasteiger partial charge < -0.3 is 14.8 Å². The Balaban J connectivity index is 2.93. The van der Waals surface area contributed by atoms with Crippen molar-refractivity contribution in [2.24, 2.45) is 0 Å². The standard InChI is InChI=1S/C14H19Br2NO3/c1-4-12(14(18)19-5-2)20-13-10(15)6-9(8-17-3)7-11(13)16/h6-7,12,17H,4-5,8H2,1-3H3. The number of benzene rings is 1. The van der Waals surface area contributed by atoms with E-state index in [9.17, 15) is 4.79 Å². The topological polar surface area (TPSA) is 47.6 Å².